The summed E-state index contributed by atoms with van der Waals surface area (Å²) in [5, 5.41) is 12.1. The van der Waals surface area contributed by atoms with Gasteiger partial charge in [0.15, 0.2) is 0 Å². The molecule has 0 atom stereocenters. The third-order valence-corrected chi connectivity index (χ3v) is 3.48. The number of aryl methyl sites for hydroxylation is 1. The molecule has 1 N–H and O–H groups in total. The first-order chi connectivity index (χ1) is 9.54. The van der Waals surface area contributed by atoms with Gasteiger partial charge in [-0.25, -0.2) is 9.78 Å². The molecule has 1 heterocycles. The van der Waals surface area contributed by atoms with Crippen LogP contribution in [0.5, 0.6) is 5.75 Å². The van der Waals surface area contributed by atoms with Crippen molar-refractivity contribution < 1.29 is 14.6 Å². The van der Waals surface area contributed by atoms with Crippen molar-refractivity contribution in [2.75, 3.05) is 0 Å². The number of nitrogens with zero attached hydrogens (tertiary/aromatic N) is 1. The van der Waals surface area contributed by atoms with Crippen LogP contribution in [0.4, 0.5) is 0 Å². The van der Waals surface area contributed by atoms with Crippen LogP contribution in [0, 0.1) is 6.92 Å². The lowest BCUT2D eigenvalue weighted by atomic mass is 10.2. The first-order valence-corrected chi connectivity index (χ1v) is 7.05. The summed E-state index contributed by atoms with van der Waals surface area (Å²) >= 11 is 7.46. The Balaban J connectivity index is 2.15. The number of carbonyl (C=O) groups is 1. The Hall–Kier alpha value is -1.85. The topological polar surface area (TPSA) is 59.4 Å². The molecule has 0 spiro atoms. The number of rotatable bonds is 5. The maximum absolute atomic E-state index is 10.6. The lowest BCUT2D eigenvalue weighted by Crippen LogP contribution is -1.97. The van der Waals surface area contributed by atoms with Gasteiger partial charge < -0.3 is 9.84 Å². The summed E-state index contributed by atoms with van der Waals surface area (Å²) in [5.41, 5.74) is 1.46. The summed E-state index contributed by atoms with van der Waals surface area (Å²) in [5.74, 6) is -0.455. The molecule has 2 rings (SSSR count). The molecular weight excluding hydrogens is 298 g/mol. The van der Waals surface area contributed by atoms with Crippen LogP contribution in [0.3, 0.4) is 0 Å². The first kappa shape index (κ1) is 14.6. The molecule has 0 saturated carbocycles. The fourth-order valence-corrected chi connectivity index (χ4v) is 2.35. The quantitative estimate of drug-likeness (QED) is 0.854. The fraction of sp³-hybridized carbons (Fsp3) is 0.143. The van der Waals surface area contributed by atoms with E-state index >= 15 is 0 Å². The minimum Gasteiger partial charge on any atom is -0.487 e. The Labute approximate surface area is 125 Å². The third kappa shape index (κ3) is 4.08. The van der Waals surface area contributed by atoms with Crippen LogP contribution in [0.2, 0.25) is 5.02 Å². The lowest BCUT2D eigenvalue weighted by Gasteiger charge is -2.08. The van der Waals surface area contributed by atoms with Gasteiger partial charge in [-0.15, -0.1) is 11.3 Å². The second kappa shape index (κ2) is 6.54. The van der Waals surface area contributed by atoms with E-state index in [1.165, 1.54) is 6.08 Å². The molecule has 20 heavy (non-hydrogen) atoms. The van der Waals surface area contributed by atoms with Crippen molar-refractivity contribution in [2.45, 2.75) is 13.5 Å². The van der Waals surface area contributed by atoms with Gasteiger partial charge in [-0.05, 0) is 31.2 Å². The highest BCUT2D eigenvalue weighted by atomic mass is 35.5. The van der Waals surface area contributed by atoms with E-state index < -0.39 is 5.97 Å². The molecule has 104 valence electrons. The molecule has 0 aliphatic heterocycles. The Morgan fingerprint density at radius 3 is 3.00 bits per heavy atom. The first-order valence-electron chi connectivity index (χ1n) is 5.79. The Kier molecular flexibility index (Phi) is 4.76. The molecule has 0 aliphatic rings. The summed E-state index contributed by atoms with van der Waals surface area (Å²) in [6, 6.07) is 5.06. The molecule has 0 unspecified atom stereocenters. The minimum atomic E-state index is -1.02. The van der Waals surface area contributed by atoms with Crippen molar-refractivity contribution in [3.05, 3.63) is 50.9 Å². The molecule has 2 aromatic rings. The van der Waals surface area contributed by atoms with Crippen molar-refractivity contribution in [3.63, 3.8) is 0 Å². The molecule has 4 nitrogen and oxygen atoms in total. The maximum Gasteiger partial charge on any atom is 0.328 e. The highest BCUT2D eigenvalue weighted by Gasteiger charge is 2.05. The van der Waals surface area contributed by atoms with E-state index in [2.05, 4.69) is 4.98 Å². The van der Waals surface area contributed by atoms with E-state index in [0.717, 1.165) is 16.8 Å². The van der Waals surface area contributed by atoms with E-state index in [1.54, 1.807) is 29.5 Å². The molecular formula is C14H12ClNO3S. The summed E-state index contributed by atoms with van der Waals surface area (Å²) < 4.78 is 5.67. The predicted octanol–water partition coefficient (Wildman–Crippen LogP) is 3.78. The van der Waals surface area contributed by atoms with Crippen molar-refractivity contribution in [1.82, 2.24) is 4.98 Å². The van der Waals surface area contributed by atoms with Crippen LogP contribution >= 0.6 is 22.9 Å². The number of thiazole rings is 1. The van der Waals surface area contributed by atoms with Gasteiger partial charge in [0.05, 0.1) is 10.7 Å². The van der Waals surface area contributed by atoms with E-state index in [0.29, 0.717) is 22.9 Å². The van der Waals surface area contributed by atoms with Gasteiger partial charge in [0.25, 0.3) is 0 Å². The normalized spacial score (nSPS) is 10.9. The summed E-state index contributed by atoms with van der Waals surface area (Å²) in [6.07, 6.45) is 2.50. The number of carboxylic acids is 1. The lowest BCUT2D eigenvalue weighted by molar-refractivity contribution is -0.131. The van der Waals surface area contributed by atoms with Crippen LogP contribution in [0.15, 0.2) is 29.7 Å². The van der Waals surface area contributed by atoms with Gasteiger partial charge >= 0.3 is 5.97 Å². The standard InChI is InChI=1S/C14H12ClNO3S/c1-9-16-12(8-20-9)7-19-13-4-3-11(15)6-10(13)2-5-14(17)18/h2-6,8H,7H2,1H3,(H,17,18)/b5-2+. The van der Waals surface area contributed by atoms with Crippen molar-refractivity contribution in [3.8, 4) is 5.75 Å². The Morgan fingerprint density at radius 2 is 2.35 bits per heavy atom. The van der Waals surface area contributed by atoms with E-state index in [-0.39, 0.29) is 0 Å². The fourth-order valence-electron chi connectivity index (χ4n) is 1.57. The average Bonchev–Trinajstić information content (AvgIpc) is 2.81. The average molecular weight is 310 g/mol. The number of hydrogen-bond donors (Lipinski definition) is 1. The van der Waals surface area contributed by atoms with Crippen LogP contribution in [0.1, 0.15) is 16.3 Å². The van der Waals surface area contributed by atoms with Gasteiger partial charge in [-0.2, -0.15) is 0 Å². The zero-order valence-corrected chi connectivity index (χ0v) is 12.2. The molecule has 0 fully saturated rings. The number of aliphatic carboxylic acids is 1. The van der Waals surface area contributed by atoms with E-state index in [4.69, 9.17) is 21.4 Å². The summed E-state index contributed by atoms with van der Waals surface area (Å²) in [4.78, 5) is 14.9. The SMILES string of the molecule is Cc1nc(COc2ccc(Cl)cc2/C=C/C(=O)O)cs1. The molecule has 0 bridgehead atoms. The van der Waals surface area contributed by atoms with Gasteiger partial charge in [-0.1, -0.05) is 11.6 Å². The van der Waals surface area contributed by atoms with Gasteiger partial charge in [0.1, 0.15) is 12.4 Å². The molecule has 0 radical (unpaired) electrons. The highest BCUT2D eigenvalue weighted by molar-refractivity contribution is 7.09. The summed E-state index contributed by atoms with van der Waals surface area (Å²) in [7, 11) is 0. The van der Waals surface area contributed by atoms with Crippen LogP contribution < -0.4 is 4.74 Å². The number of halogens is 1. The van der Waals surface area contributed by atoms with E-state index in [1.807, 2.05) is 12.3 Å². The minimum absolute atomic E-state index is 0.333. The number of aromatic nitrogens is 1. The number of hydrogen-bond acceptors (Lipinski definition) is 4. The zero-order valence-electron chi connectivity index (χ0n) is 10.7. The zero-order chi connectivity index (χ0) is 14.5. The summed E-state index contributed by atoms with van der Waals surface area (Å²) in [6.45, 7) is 2.26. The maximum atomic E-state index is 10.6. The van der Waals surface area contributed by atoms with Crippen molar-refractivity contribution in [2.24, 2.45) is 0 Å². The highest BCUT2D eigenvalue weighted by Crippen LogP contribution is 2.25. The Morgan fingerprint density at radius 1 is 1.55 bits per heavy atom. The second-order valence-corrected chi connectivity index (χ2v) is 5.50. The van der Waals surface area contributed by atoms with Gasteiger partial charge in [0.2, 0.25) is 0 Å². The monoisotopic (exact) mass is 309 g/mol. The number of benzene rings is 1. The third-order valence-electron chi connectivity index (χ3n) is 2.42. The smallest absolute Gasteiger partial charge is 0.328 e. The molecule has 1 aromatic heterocycles. The van der Waals surface area contributed by atoms with Crippen molar-refractivity contribution >= 4 is 35.0 Å². The van der Waals surface area contributed by atoms with Crippen LogP contribution in [0.25, 0.3) is 6.08 Å². The van der Waals surface area contributed by atoms with Gasteiger partial charge in [0, 0.05) is 22.0 Å². The predicted molar refractivity (Wildman–Crippen MR) is 79.3 cm³/mol. The molecule has 0 saturated heterocycles. The Bertz CT molecular complexity index is 652. The molecule has 0 amide bonds. The molecule has 6 heteroatoms. The molecule has 0 aliphatic carbocycles. The van der Waals surface area contributed by atoms with Crippen LogP contribution in [-0.2, 0) is 11.4 Å². The number of ether oxygens (including phenoxy) is 1. The van der Waals surface area contributed by atoms with Gasteiger partial charge in [-0.3, -0.25) is 0 Å². The van der Waals surface area contributed by atoms with Crippen molar-refractivity contribution in [1.29, 1.82) is 0 Å². The number of carboxylic acid groups (broad SMARTS) is 1. The van der Waals surface area contributed by atoms with E-state index in [9.17, 15) is 4.79 Å². The largest absolute Gasteiger partial charge is 0.487 e. The second-order valence-electron chi connectivity index (χ2n) is 4.00. The van der Waals surface area contributed by atoms with Crippen LogP contribution in [-0.4, -0.2) is 16.1 Å². The molecule has 1 aromatic carbocycles.